The molecule has 1 aromatic carbocycles. The summed E-state index contributed by atoms with van der Waals surface area (Å²) in [4.78, 5) is 11.6. The Balaban J connectivity index is 2.18. The van der Waals surface area contributed by atoms with E-state index in [-0.39, 0.29) is 0 Å². The molecule has 1 N–H and O–H groups in total. The van der Waals surface area contributed by atoms with Crippen molar-refractivity contribution in [3.8, 4) is 0 Å². The van der Waals surface area contributed by atoms with Gasteiger partial charge in [-0.05, 0) is 26.0 Å². The van der Waals surface area contributed by atoms with Crippen molar-refractivity contribution in [1.82, 2.24) is 5.01 Å². The third kappa shape index (κ3) is 1.74. The van der Waals surface area contributed by atoms with E-state index in [1.165, 1.54) is 5.01 Å². The fraction of sp³-hybridized carbons (Fsp3) is 0.250. The number of nitrogens with one attached hydrogen (secondary N) is 1. The highest BCUT2D eigenvalue weighted by molar-refractivity contribution is 5.76. The SMILES string of the molecule is C=C1N(Nc2ccccc2)C(=O)OC1(C)C. The van der Waals surface area contributed by atoms with Gasteiger partial charge in [0.1, 0.15) is 5.60 Å². The van der Waals surface area contributed by atoms with E-state index >= 15 is 0 Å². The average molecular weight is 218 g/mol. The van der Waals surface area contributed by atoms with Crippen LogP contribution in [0.2, 0.25) is 0 Å². The van der Waals surface area contributed by atoms with Crippen LogP contribution in [0.1, 0.15) is 13.8 Å². The molecule has 0 spiro atoms. The summed E-state index contributed by atoms with van der Waals surface area (Å²) in [5.74, 6) is 0. The largest absolute Gasteiger partial charge is 0.435 e. The molecule has 4 heteroatoms. The van der Waals surface area contributed by atoms with Crippen molar-refractivity contribution in [2.75, 3.05) is 5.43 Å². The van der Waals surface area contributed by atoms with Crippen LogP contribution >= 0.6 is 0 Å². The van der Waals surface area contributed by atoms with E-state index in [0.717, 1.165) is 5.69 Å². The van der Waals surface area contributed by atoms with Crippen molar-refractivity contribution >= 4 is 11.8 Å². The fourth-order valence-corrected chi connectivity index (χ4v) is 1.46. The van der Waals surface area contributed by atoms with Crippen molar-refractivity contribution in [2.45, 2.75) is 19.4 Å². The molecule has 0 unspecified atom stereocenters. The molecule has 1 aliphatic heterocycles. The number of rotatable bonds is 2. The minimum atomic E-state index is -0.654. The van der Waals surface area contributed by atoms with E-state index in [4.69, 9.17) is 4.74 Å². The van der Waals surface area contributed by atoms with E-state index in [9.17, 15) is 4.79 Å². The Morgan fingerprint density at radius 1 is 1.31 bits per heavy atom. The number of hydrazine groups is 1. The number of anilines is 1. The molecule has 16 heavy (non-hydrogen) atoms. The zero-order valence-electron chi connectivity index (χ0n) is 9.36. The molecule has 0 bridgehead atoms. The van der Waals surface area contributed by atoms with Gasteiger partial charge in [0.15, 0.2) is 0 Å². The number of hydrogen-bond donors (Lipinski definition) is 1. The van der Waals surface area contributed by atoms with Crippen LogP contribution in [-0.4, -0.2) is 16.7 Å². The van der Waals surface area contributed by atoms with Gasteiger partial charge in [-0.1, -0.05) is 24.8 Å². The summed E-state index contributed by atoms with van der Waals surface area (Å²) in [7, 11) is 0. The number of carbonyl (C=O) groups excluding carboxylic acids is 1. The van der Waals surface area contributed by atoms with Crippen LogP contribution in [0.4, 0.5) is 10.5 Å². The lowest BCUT2D eigenvalue weighted by Gasteiger charge is -2.20. The van der Waals surface area contributed by atoms with Gasteiger partial charge in [-0.2, -0.15) is 5.01 Å². The van der Waals surface area contributed by atoms with E-state index in [1.54, 1.807) is 13.8 Å². The third-order valence-corrected chi connectivity index (χ3v) is 2.50. The number of hydrogen-bond acceptors (Lipinski definition) is 3. The maximum Gasteiger partial charge on any atom is 0.434 e. The van der Waals surface area contributed by atoms with Gasteiger partial charge in [0.05, 0.1) is 11.4 Å². The van der Waals surface area contributed by atoms with Gasteiger partial charge in [-0.3, -0.25) is 5.43 Å². The smallest absolute Gasteiger partial charge is 0.434 e. The summed E-state index contributed by atoms with van der Waals surface area (Å²) in [6, 6.07) is 9.42. The van der Waals surface area contributed by atoms with Gasteiger partial charge >= 0.3 is 6.09 Å². The second-order valence-corrected chi connectivity index (χ2v) is 4.14. The van der Waals surface area contributed by atoms with Crippen molar-refractivity contribution < 1.29 is 9.53 Å². The third-order valence-electron chi connectivity index (χ3n) is 2.50. The molecule has 1 saturated heterocycles. The van der Waals surface area contributed by atoms with Gasteiger partial charge in [0.25, 0.3) is 0 Å². The van der Waals surface area contributed by atoms with Crippen molar-refractivity contribution in [2.24, 2.45) is 0 Å². The van der Waals surface area contributed by atoms with Gasteiger partial charge in [-0.15, -0.1) is 0 Å². The van der Waals surface area contributed by atoms with E-state index in [1.807, 2.05) is 30.3 Å². The standard InChI is InChI=1S/C12H14N2O2/c1-9-12(2,3)16-11(15)14(9)13-10-7-5-4-6-8-10/h4-8,13H,1H2,2-3H3. The monoisotopic (exact) mass is 218 g/mol. The van der Waals surface area contributed by atoms with Crippen molar-refractivity contribution in [3.63, 3.8) is 0 Å². The van der Waals surface area contributed by atoms with Gasteiger partial charge in [-0.25, -0.2) is 4.79 Å². The molecule has 0 aliphatic carbocycles. The predicted octanol–water partition coefficient (Wildman–Crippen LogP) is 2.76. The van der Waals surface area contributed by atoms with Gasteiger partial charge < -0.3 is 4.74 Å². The van der Waals surface area contributed by atoms with Crippen LogP contribution in [0.25, 0.3) is 0 Å². The Kier molecular flexibility index (Phi) is 2.34. The Morgan fingerprint density at radius 2 is 1.94 bits per heavy atom. The first-order valence-electron chi connectivity index (χ1n) is 5.05. The summed E-state index contributed by atoms with van der Waals surface area (Å²) in [5, 5.41) is 1.33. The quantitative estimate of drug-likeness (QED) is 0.829. The molecular weight excluding hydrogens is 204 g/mol. The van der Waals surface area contributed by atoms with Crippen LogP contribution in [0.3, 0.4) is 0 Å². The van der Waals surface area contributed by atoms with Crippen molar-refractivity contribution in [1.29, 1.82) is 0 Å². The minimum absolute atomic E-state index is 0.432. The molecule has 1 fully saturated rings. The molecule has 4 nitrogen and oxygen atoms in total. The molecule has 1 aromatic rings. The summed E-state index contributed by atoms with van der Waals surface area (Å²) < 4.78 is 5.17. The topological polar surface area (TPSA) is 41.6 Å². The Hall–Kier alpha value is -1.97. The highest BCUT2D eigenvalue weighted by atomic mass is 16.6. The summed E-state index contributed by atoms with van der Waals surface area (Å²) >= 11 is 0. The molecule has 1 heterocycles. The number of ether oxygens (including phenoxy) is 1. The first kappa shape index (κ1) is 10.5. The van der Waals surface area contributed by atoms with Crippen LogP contribution in [-0.2, 0) is 4.74 Å². The van der Waals surface area contributed by atoms with Crippen LogP contribution in [0, 0.1) is 0 Å². The van der Waals surface area contributed by atoms with Gasteiger partial charge in [0, 0.05) is 0 Å². The van der Waals surface area contributed by atoms with E-state index in [0.29, 0.717) is 5.70 Å². The number of nitrogens with zero attached hydrogens (tertiary/aromatic N) is 1. The van der Waals surface area contributed by atoms with Gasteiger partial charge in [0.2, 0.25) is 0 Å². The molecule has 0 aromatic heterocycles. The first-order chi connectivity index (χ1) is 7.50. The van der Waals surface area contributed by atoms with Crippen LogP contribution < -0.4 is 5.43 Å². The Labute approximate surface area is 94.5 Å². The lowest BCUT2D eigenvalue weighted by molar-refractivity contribution is 0.0944. The predicted molar refractivity (Wildman–Crippen MR) is 61.6 cm³/mol. The highest BCUT2D eigenvalue weighted by Gasteiger charge is 2.42. The summed E-state index contributed by atoms with van der Waals surface area (Å²) in [6.45, 7) is 7.46. The zero-order chi connectivity index (χ0) is 11.8. The number of benzene rings is 1. The lowest BCUT2D eigenvalue weighted by Crippen LogP contribution is -2.30. The molecular formula is C12H14N2O2. The molecule has 1 aliphatic rings. The number of carbonyl (C=O) groups is 1. The average Bonchev–Trinajstić information content (AvgIpc) is 2.42. The Bertz CT molecular complexity index is 426. The fourth-order valence-electron chi connectivity index (χ4n) is 1.46. The Morgan fingerprint density at radius 3 is 2.44 bits per heavy atom. The van der Waals surface area contributed by atoms with Crippen molar-refractivity contribution in [3.05, 3.63) is 42.6 Å². The van der Waals surface area contributed by atoms with E-state index in [2.05, 4.69) is 12.0 Å². The van der Waals surface area contributed by atoms with E-state index < -0.39 is 11.7 Å². The second-order valence-electron chi connectivity index (χ2n) is 4.14. The highest BCUT2D eigenvalue weighted by Crippen LogP contribution is 2.31. The first-order valence-corrected chi connectivity index (χ1v) is 5.05. The summed E-state index contributed by atoms with van der Waals surface area (Å²) in [6.07, 6.45) is -0.432. The number of para-hydroxylation sites is 1. The maximum absolute atomic E-state index is 11.6. The minimum Gasteiger partial charge on any atom is -0.435 e. The second kappa shape index (κ2) is 3.56. The normalized spacial score (nSPS) is 18.5. The zero-order valence-corrected chi connectivity index (χ0v) is 9.36. The molecule has 2 rings (SSSR count). The lowest BCUT2D eigenvalue weighted by atomic mass is 10.1. The molecule has 1 amide bonds. The maximum atomic E-state index is 11.6. The number of cyclic esters (lactones) is 1. The van der Waals surface area contributed by atoms with Crippen LogP contribution in [0.15, 0.2) is 42.6 Å². The van der Waals surface area contributed by atoms with Crippen LogP contribution in [0.5, 0.6) is 0 Å². The molecule has 84 valence electrons. The molecule has 0 atom stereocenters. The molecule has 0 saturated carbocycles. The number of amides is 1. The summed E-state index contributed by atoms with van der Waals surface area (Å²) in [5.41, 5.74) is 3.72. The molecule has 0 radical (unpaired) electrons.